The van der Waals surface area contributed by atoms with Crippen molar-refractivity contribution in [3.63, 3.8) is 0 Å². The van der Waals surface area contributed by atoms with E-state index in [4.69, 9.17) is 10.5 Å². The highest BCUT2D eigenvalue weighted by Gasteiger charge is 2.25. The van der Waals surface area contributed by atoms with E-state index in [2.05, 4.69) is 10.3 Å². The molecule has 1 amide bonds. The molecule has 1 aliphatic rings. The number of benzene rings is 1. The van der Waals surface area contributed by atoms with E-state index in [1.54, 1.807) is 0 Å². The molecule has 28 heavy (non-hydrogen) atoms. The monoisotopic (exact) mass is 445 g/mol. The Balaban J connectivity index is 0.00000196. The lowest BCUT2D eigenvalue weighted by Crippen LogP contribution is -2.45. The van der Waals surface area contributed by atoms with Crippen LogP contribution in [0.25, 0.3) is 0 Å². The zero-order chi connectivity index (χ0) is 18.4. The molecule has 5 nitrogen and oxygen atoms in total. The number of nitrogens with zero attached hydrogens (tertiary/aromatic N) is 1. The molecule has 1 aromatic carbocycles. The standard InChI is InChI=1S/C20H27N3O2S.2ClH/c1-14-6-8-17(9-7-14)25-12-20-22-16(13-26-20)10-19(24)23-18-5-3-2-4-15(18)11-21;;/h6-9,13,15,18H,2-5,10-12,21H2,1H3,(H,23,24);2*1H. The van der Waals surface area contributed by atoms with Gasteiger partial charge in [0.25, 0.3) is 0 Å². The third-order valence-corrected chi connectivity index (χ3v) is 5.75. The van der Waals surface area contributed by atoms with Crippen LogP contribution in [0.4, 0.5) is 0 Å². The lowest BCUT2D eigenvalue weighted by atomic mass is 9.84. The number of aromatic nitrogens is 1. The van der Waals surface area contributed by atoms with Gasteiger partial charge >= 0.3 is 0 Å². The van der Waals surface area contributed by atoms with Crippen molar-refractivity contribution in [2.75, 3.05) is 6.54 Å². The van der Waals surface area contributed by atoms with E-state index >= 15 is 0 Å². The van der Waals surface area contributed by atoms with Gasteiger partial charge in [-0.2, -0.15) is 0 Å². The van der Waals surface area contributed by atoms with E-state index in [1.165, 1.54) is 29.7 Å². The molecular formula is C20H29Cl2N3O2S. The van der Waals surface area contributed by atoms with E-state index in [9.17, 15) is 4.79 Å². The van der Waals surface area contributed by atoms with Crippen LogP contribution in [0.15, 0.2) is 29.6 Å². The van der Waals surface area contributed by atoms with Crippen molar-refractivity contribution in [2.24, 2.45) is 11.7 Å². The number of hydrogen-bond acceptors (Lipinski definition) is 5. The molecule has 3 N–H and O–H groups in total. The lowest BCUT2D eigenvalue weighted by molar-refractivity contribution is -0.121. The number of thiazole rings is 1. The number of nitrogens with two attached hydrogens (primary N) is 1. The van der Waals surface area contributed by atoms with Crippen molar-refractivity contribution in [1.82, 2.24) is 10.3 Å². The van der Waals surface area contributed by atoms with E-state index < -0.39 is 0 Å². The molecular weight excluding hydrogens is 417 g/mol. The fourth-order valence-electron chi connectivity index (χ4n) is 3.38. The Labute approximate surface area is 183 Å². The molecule has 3 rings (SSSR count). The first-order valence-corrected chi connectivity index (χ1v) is 10.1. The SMILES string of the molecule is Cc1ccc(OCc2nc(CC(=O)NC3CCCCC3CN)cs2)cc1.Cl.Cl. The van der Waals surface area contributed by atoms with Crippen molar-refractivity contribution >= 4 is 42.1 Å². The van der Waals surface area contributed by atoms with Crippen LogP contribution in [0.1, 0.15) is 41.9 Å². The van der Waals surface area contributed by atoms with Crippen LogP contribution >= 0.6 is 36.2 Å². The molecule has 0 radical (unpaired) electrons. The summed E-state index contributed by atoms with van der Waals surface area (Å²) in [6.07, 6.45) is 4.83. The number of rotatable bonds is 7. The third-order valence-electron chi connectivity index (χ3n) is 4.88. The minimum absolute atomic E-state index is 0. The zero-order valence-electron chi connectivity index (χ0n) is 16.1. The summed E-state index contributed by atoms with van der Waals surface area (Å²) in [7, 11) is 0. The smallest absolute Gasteiger partial charge is 0.226 e. The number of hydrogen-bond donors (Lipinski definition) is 2. The van der Waals surface area contributed by atoms with E-state index in [0.29, 0.717) is 25.5 Å². The van der Waals surface area contributed by atoms with Gasteiger partial charge in [-0.15, -0.1) is 36.2 Å². The second-order valence-corrected chi connectivity index (χ2v) is 7.91. The summed E-state index contributed by atoms with van der Waals surface area (Å²) in [5.74, 6) is 1.27. The van der Waals surface area contributed by atoms with Crippen molar-refractivity contribution < 1.29 is 9.53 Å². The molecule has 156 valence electrons. The Morgan fingerprint density at radius 1 is 1.25 bits per heavy atom. The largest absolute Gasteiger partial charge is 0.486 e. The number of amides is 1. The quantitative estimate of drug-likeness (QED) is 0.673. The molecule has 2 aromatic rings. The number of carbonyl (C=O) groups is 1. The molecule has 2 atom stereocenters. The normalized spacial score (nSPS) is 18.5. The van der Waals surface area contributed by atoms with Crippen LogP contribution in [0.3, 0.4) is 0 Å². The number of ether oxygens (including phenoxy) is 1. The predicted molar refractivity (Wildman–Crippen MR) is 119 cm³/mol. The summed E-state index contributed by atoms with van der Waals surface area (Å²) < 4.78 is 5.75. The molecule has 1 aliphatic carbocycles. The van der Waals surface area contributed by atoms with Crippen molar-refractivity contribution in [3.05, 3.63) is 45.9 Å². The maximum absolute atomic E-state index is 12.3. The summed E-state index contributed by atoms with van der Waals surface area (Å²) in [6, 6.07) is 8.16. The molecule has 1 fully saturated rings. The Hall–Kier alpha value is -1.34. The van der Waals surface area contributed by atoms with Gasteiger partial charge in [-0.25, -0.2) is 4.98 Å². The molecule has 0 saturated heterocycles. The number of carbonyl (C=O) groups excluding carboxylic acids is 1. The van der Waals surface area contributed by atoms with Gasteiger partial charge in [-0.1, -0.05) is 30.5 Å². The van der Waals surface area contributed by atoms with Gasteiger partial charge in [0.2, 0.25) is 5.91 Å². The Bertz CT molecular complexity index is 724. The Morgan fingerprint density at radius 2 is 1.96 bits per heavy atom. The molecule has 1 heterocycles. The molecule has 0 bridgehead atoms. The van der Waals surface area contributed by atoms with Crippen LogP contribution in [0.5, 0.6) is 5.75 Å². The predicted octanol–water partition coefficient (Wildman–Crippen LogP) is 4.05. The van der Waals surface area contributed by atoms with Gasteiger partial charge in [-0.05, 0) is 44.4 Å². The van der Waals surface area contributed by atoms with E-state index in [0.717, 1.165) is 29.3 Å². The van der Waals surface area contributed by atoms with Crippen molar-refractivity contribution in [3.8, 4) is 5.75 Å². The van der Waals surface area contributed by atoms with Gasteiger partial charge in [0.1, 0.15) is 17.4 Å². The minimum atomic E-state index is 0. The molecule has 8 heteroatoms. The topological polar surface area (TPSA) is 77.2 Å². The summed E-state index contributed by atoms with van der Waals surface area (Å²) in [5, 5.41) is 5.97. The van der Waals surface area contributed by atoms with Gasteiger partial charge in [0, 0.05) is 11.4 Å². The van der Waals surface area contributed by atoms with Gasteiger partial charge in [-0.3, -0.25) is 4.79 Å². The fourth-order valence-corrected chi connectivity index (χ4v) is 4.08. The van der Waals surface area contributed by atoms with Crippen LogP contribution in [-0.2, 0) is 17.8 Å². The van der Waals surface area contributed by atoms with Crippen LogP contribution < -0.4 is 15.8 Å². The first kappa shape index (κ1) is 24.7. The first-order chi connectivity index (χ1) is 12.6. The van der Waals surface area contributed by atoms with Crippen LogP contribution in [0.2, 0.25) is 0 Å². The minimum Gasteiger partial charge on any atom is -0.486 e. The van der Waals surface area contributed by atoms with Crippen molar-refractivity contribution in [2.45, 2.75) is 51.7 Å². The highest BCUT2D eigenvalue weighted by molar-refractivity contribution is 7.09. The van der Waals surface area contributed by atoms with Crippen LogP contribution in [0, 0.1) is 12.8 Å². The molecule has 1 saturated carbocycles. The molecule has 1 aromatic heterocycles. The summed E-state index contributed by atoms with van der Waals surface area (Å²) >= 11 is 1.53. The highest BCUT2D eigenvalue weighted by atomic mass is 35.5. The number of nitrogens with one attached hydrogen (secondary N) is 1. The molecule has 0 spiro atoms. The molecule has 0 aliphatic heterocycles. The second kappa shape index (κ2) is 12.3. The Kier molecular flexibility index (Phi) is 10.8. The summed E-state index contributed by atoms with van der Waals surface area (Å²) in [4.78, 5) is 16.9. The van der Waals surface area contributed by atoms with Crippen molar-refractivity contribution in [1.29, 1.82) is 0 Å². The fraction of sp³-hybridized carbons (Fsp3) is 0.500. The average Bonchev–Trinajstić information content (AvgIpc) is 3.09. The maximum Gasteiger partial charge on any atom is 0.226 e. The van der Waals surface area contributed by atoms with Gasteiger partial charge in [0.15, 0.2) is 0 Å². The third kappa shape index (κ3) is 7.24. The van der Waals surface area contributed by atoms with Gasteiger partial charge < -0.3 is 15.8 Å². The maximum atomic E-state index is 12.3. The average molecular weight is 446 g/mol. The zero-order valence-corrected chi connectivity index (χ0v) is 18.5. The number of aryl methyl sites for hydroxylation is 1. The second-order valence-electron chi connectivity index (χ2n) is 6.97. The summed E-state index contributed by atoms with van der Waals surface area (Å²) in [6.45, 7) is 3.11. The number of halogens is 2. The Morgan fingerprint density at radius 3 is 2.68 bits per heavy atom. The first-order valence-electron chi connectivity index (χ1n) is 9.26. The van der Waals surface area contributed by atoms with E-state index in [-0.39, 0.29) is 36.8 Å². The summed E-state index contributed by atoms with van der Waals surface area (Å²) in [5.41, 5.74) is 7.84. The molecule has 2 unspecified atom stereocenters. The van der Waals surface area contributed by atoms with Gasteiger partial charge in [0.05, 0.1) is 12.1 Å². The van der Waals surface area contributed by atoms with E-state index in [1.807, 2.05) is 36.6 Å². The van der Waals surface area contributed by atoms with Crippen LogP contribution in [-0.4, -0.2) is 23.5 Å². The highest BCUT2D eigenvalue weighted by Crippen LogP contribution is 2.23. The lowest BCUT2D eigenvalue weighted by Gasteiger charge is -2.31.